The summed E-state index contributed by atoms with van der Waals surface area (Å²) in [6.07, 6.45) is 1.68. The molecule has 0 unspecified atom stereocenters. The van der Waals surface area contributed by atoms with E-state index in [9.17, 15) is 9.59 Å². The highest BCUT2D eigenvalue weighted by Gasteiger charge is 2.35. The largest absolute Gasteiger partial charge is 0.493 e. The number of rotatable bonds is 6. The second-order valence-corrected chi connectivity index (χ2v) is 8.34. The molecule has 3 aromatic rings. The fraction of sp³-hybridized carbons (Fsp3) is 0.292. The van der Waals surface area contributed by atoms with Crippen molar-refractivity contribution in [1.29, 1.82) is 0 Å². The lowest BCUT2D eigenvalue weighted by molar-refractivity contribution is -0.139. The Balaban J connectivity index is 2.02. The van der Waals surface area contributed by atoms with E-state index in [1.54, 1.807) is 44.2 Å². The molecule has 1 aliphatic rings. The fourth-order valence-corrected chi connectivity index (χ4v) is 4.90. The molecule has 3 heterocycles. The van der Waals surface area contributed by atoms with Gasteiger partial charge in [0.05, 0.1) is 36.6 Å². The SMILES string of the molecule is CCOC(=O)C1=C(C)N=c2s/c(=C\c3ccc(C)o3)c(=O)n2[C@@H]1c1cccc(OC)c1OC. The van der Waals surface area contributed by atoms with E-state index >= 15 is 0 Å². The van der Waals surface area contributed by atoms with E-state index in [1.807, 2.05) is 13.0 Å². The second kappa shape index (κ2) is 9.11. The maximum Gasteiger partial charge on any atom is 0.338 e. The van der Waals surface area contributed by atoms with Crippen LogP contribution in [0.5, 0.6) is 11.5 Å². The number of aryl methyl sites for hydroxylation is 1. The van der Waals surface area contributed by atoms with E-state index in [-0.39, 0.29) is 17.7 Å². The molecule has 0 saturated carbocycles. The minimum absolute atomic E-state index is 0.194. The molecule has 1 aromatic carbocycles. The minimum atomic E-state index is -0.800. The van der Waals surface area contributed by atoms with Gasteiger partial charge in [0.1, 0.15) is 17.6 Å². The molecule has 4 rings (SSSR count). The zero-order chi connectivity index (χ0) is 23.7. The molecule has 0 aliphatic carbocycles. The van der Waals surface area contributed by atoms with Gasteiger partial charge in [-0.15, -0.1) is 0 Å². The first-order chi connectivity index (χ1) is 15.9. The van der Waals surface area contributed by atoms with Gasteiger partial charge in [0, 0.05) is 11.6 Å². The number of hydrogen-bond acceptors (Lipinski definition) is 8. The summed E-state index contributed by atoms with van der Waals surface area (Å²) in [5.41, 5.74) is 1.05. The van der Waals surface area contributed by atoms with E-state index in [0.29, 0.717) is 37.9 Å². The van der Waals surface area contributed by atoms with Gasteiger partial charge in [0.15, 0.2) is 16.3 Å². The Bertz CT molecular complexity index is 1430. The molecule has 33 heavy (non-hydrogen) atoms. The molecule has 1 atom stereocenters. The summed E-state index contributed by atoms with van der Waals surface area (Å²) in [5, 5.41) is 0. The van der Waals surface area contributed by atoms with Gasteiger partial charge >= 0.3 is 5.97 Å². The van der Waals surface area contributed by atoms with Crippen molar-refractivity contribution in [1.82, 2.24) is 4.57 Å². The summed E-state index contributed by atoms with van der Waals surface area (Å²) in [7, 11) is 3.05. The number of nitrogens with zero attached hydrogens (tertiary/aromatic N) is 2. The Hall–Kier alpha value is -3.59. The van der Waals surface area contributed by atoms with Crippen LogP contribution in [-0.2, 0) is 9.53 Å². The van der Waals surface area contributed by atoms with Crippen molar-refractivity contribution in [3.8, 4) is 11.5 Å². The van der Waals surface area contributed by atoms with Gasteiger partial charge in [-0.05, 0) is 39.0 Å². The summed E-state index contributed by atoms with van der Waals surface area (Å²) in [6.45, 7) is 5.50. The number of fused-ring (bicyclic) bond motifs is 1. The first kappa shape index (κ1) is 22.6. The molecule has 0 amide bonds. The van der Waals surface area contributed by atoms with Crippen molar-refractivity contribution >= 4 is 23.4 Å². The summed E-state index contributed by atoms with van der Waals surface area (Å²) >= 11 is 1.23. The highest BCUT2D eigenvalue weighted by atomic mass is 32.1. The van der Waals surface area contributed by atoms with Crippen LogP contribution in [0.1, 0.15) is 37.0 Å². The van der Waals surface area contributed by atoms with Gasteiger partial charge < -0.3 is 18.6 Å². The summed E-state index contributed by atoms with van der Waals surface area (Å²) in [4.78, 5) is 31.6. The number of methoxy groups -OCH3 is 2. The molecule has 2 aromatic heterocycles. The molecule has 0 fully saturated rings. The van der Waals surface area contributed by atoms with Gasteiger partial charge in [-0.1, -0.05) is 23.5 Å². The molecular weight excluding hydrogens is 444 g/mol. The molecule has 0 N–H and O–H groups in total. The molecule has 0 spiro atoms. The number of allylic oxidation sites excluding steroid dienone is 1. The van der Waals surface area contributed by atoms with Gasteiger partial charge in [0.25, 0.3) is 5.56 Å². The highest BCUT2D eigenvalue weighted by molar-refractivity contribution is 7.07. The first-order valence-electron chi connectivity index (χ1n) is 10.4. The Labute approximate surface area is 194 Å². The predicted octanol–water partition coefficient (Wildman–Crippen LogP) is 2.72. The third-order valence-corrected chi connectivity index (χ3v) is 6.26. The fourth-order valence-electron chi connectivity index (χ4n) is 3.87. The smallest absolute Gasteiger partial charge is 0.338 e. The van der Waals surface area contributed by atoms with Crippen molar-refractivity contribution in [2.24, 2.45) is 4.99 Å². The lowest BCUT2D eigenvalue weighted by Gasteiger charge is -2.26. The van der Waals surface area contributed by atoms with Crippen LogP contribution in [0.4, 0.5) is 0 Å². The maximum absolute atomic E-state index is 13.6. The van der Waals surface area contributed by atoms with Gasteiger partial charge in [-0.3, -0.25) is 9.36 Å². The highest BCUT2D eigenvalue weighted by Crippen LogP contribution is 2.40. The molecule has 9 heteroatoms. The Morgan fingerprint density at radius 1 is 1.21 bits per heavy atom. The number of carbonyl (C=O) groups excluding carboxylic acids is 1. The van der Waals surface area contributed by atoms with Crippen molar-refractivity contribution in [3.63, 3.8) is 0 Å². The van der Waals surface area contributed by atoms with Crippen LogP contribution < -0.4 is 24.4 Å². The Morgan fingerprint density at radius 2 is 2.00 bits per heavy atom. The standard InChI is InChI=1S/C24H24N2O6S/c1-6-31-23(28)19-14(3)25-24-26(20(19)16-8-7-9-17(29-4)21(16)30-5)22(27)18(33-24)12-15-11-10-13(2)32-15/h7-12,20H,6H2,1-5H3/b18-12-/t20-/m1/s1. The van der Waals surface area contributed by atoms with E-state index < -0.39 is 12.0 Å². The first-order valence-corrected chi connectivity index (χ1v) is 11.2. The molecule has 0 saturated heterocycles. The number of ether oxygens (including phenoxy) is 3. The van der Waals surface area contributed by atoms with Crippen molar-refractivity contribution in [3.05, 3.63) is 78.4 Å². The third-order valence-electron chi connectivity index (χ3n) is 5.28. The number of furan rings is 1. The number of aromatic nitrogens is 1. The molecule has 0 radical (unpaired) electrons. The minimum Gasteiger partial charge on any atom is -0.493 e. The van der Waals surface area contributed by atoms with E-state index in [0.717, 1.165) is 5.76 Å². The molecule has 1 aliphatic heterocycles. The van der Waals surface area contributed by atoms with Crippen molar-refractivity contribution in [2.45, 2.75) is 26.8 Å². The lowest BCUT2D eigenvalue weighted by Crippen LogP contribution is -2.40. The van der Waals surface area contributed by atoms with Crippen LogP contribution in [0.2, 0.25) is 0 Å². The summed E-state index contributed by atoms with van der Waals surface area (Å²) < 4.78 is 24.0. The molecular formula is C24H24N2O6S. The van der Waals surface area contributed by atoms with Crippen LogP contribution in [-0.4, -0.2) is 31.4 Å². The van der Waals surface area contributed by atoms with Crippen LogP contribution in [0, 0.1) is 6.92 Å². The average molecular weight is 469 g/mol. The van der Waals surface area contributed by atoms with Gasteiger partial charge in [-0.25, -0.2) is 9.79 Å². The van der Waals surface area contributed by atoms with Crippen LogP contribution >= 0.6 is 11.3 Å². The predicted molar refractivity (Wildman–Crippen MR) is 123 cm³/mol. The van der Waals surface area contributed by atoms with Crippen molar-refractivity contribution in [2.75, 3.05) is 20.8 Å². The summed E-state index contributed by atoms with van der Waals surface area (Å²) in [5.74, 6) is 1.69. The quantitative estimate of drug-likeness (QED) is 0.517. The zero-order valence-electron chi connectivity index (χ0n) is 19.0. The van der Waals surface area contributed by atoms with Crippen LogP contribution in [0.3, 0.4) is 0 Å². The molecule has 172 valence electrons. The topological polar surface area (TPSA) is 92.3 Å². The van der Waals surface area contributed by atoms with E-state index in [4.69, 9.17) is 18.6 Å². The number of hydrogen-bond donors (Lipinski definition) is 0. The Morgan fingerprint density at radius 3 is 2.64 bits per heavy atom. The average Bonchev–Trinajstić information content (AvgIpc) is 3.34. The summed E-state index contributed by atoms with van der Waals surface area (Å²) in [6, 6.07) is 8.17. The number of esters is 1. The van der Waals surface area contributed by atoms with Crippen molar-refractivity contribution < 1.29 is 23.4 Å². The number of thiazole rings is 1. The lowest BCUT2D eigenvalue weighted by atomic mass is 9.94. The van der Waals surface area contributed by atoms with Gasteiger partial charge in [-0.2, -0.15) is 0 Å². The normalized spacial score (nSPS) is 15.8. The van der Waals surface area contributed by atoms with E-state index in [2.05, 4.69) is 4.99 Å². The third kappa shape index (κ3) is 4.00. The zero-order valence-corrected chi connectivity index (χ0v) is 19.8. The van der Waals surface area contributed by atoms with Crippen LogP contribution in [0.25, 0.3) is 6.08 Å². The monoisotopic (exact) mass is 468 g/mol. The number of carbonyl (C=O) groups is 1. The second-order valence-electron chi connectivity index (χ2n) is 7.33. The Kier molecular flexibility index (Phi) is 6.24. The van der Waals surface area contributed by atoms with Crippen LogP contribution in [0.15, 0.2) is 55.8 Å². The van der Waals surface area contributed by atoms with E-state index in [1.165, 1.54) is 30.1 Å². The number of para-hydroxylation sites is 1. The molecule has 0 bridgehead atoms. The maximum atomic E-state index is 13.6. The molecule has 8 nitrogen and oxygen atoms in total. The number of benzene rings is 1. The van der Waals surface area contributed by atoms with Gasteiger partial charge in [0.2, 0.25) is 0 Å².